The Hall–Kier alpha value is -1.37. The third-order valence-corrected chi connectivity index (χ3v) is 5.39. The fourth-order valence-electron chi connectivity index (χ4n) is 4.04. The van der Waals surface area contributed by atoms with Gasteiger partial charge < -0.3 is 10.0 Å². The number of nitrogens with zero attached hydrogens (tertiary/aromatic N) is 1. The molecular formula is C20H29N2O+. The standard InChI is InChI=1S/C20H28N2O/c23-20(11-4-1-2-5-12-20)13-8-16-22-15-6-3-10-19(22)18-9-7-14-21-17-18/h7,9,14,17,19,23H,1-6,10-12,15-16H2/p+1/t19-/m1/s1. The highest BCUT2D eigenvalue weighted by Gasteiger charge is 2.28. The molecule has 0 bridgehead atoms. The van der Waals surface area contributed by atoms with Crippen LogP contribution in [0.25, 0.3) is 0 Å². The third kappa shape index (κ3) is 4.56. The van der Waals surface area contributed by atoms with E-state index in [1.807, 2.05) is 18.5 Å². The number of aliphatic hydroxyl groups is 1. The fourth-order valence-corrected chi connectivity index (χ4v) is 4.04. The molecule has 1 aliphatic heterocycles. The molecule has 2 fully saturated rings. The minimum Gasteiger partial charge on any atom is -0.378 e. The van der Waals surface area contributed by atoms with Crippen molar-refractivity contribution in [2.75, 3.05) is 13.1 Å². The first kappa shape index (κ1) is 16.5. The van der Waals surface area contributed by atoms with Crippen LogP contribution in [0.5, 0.6) is 0 Å². The van der Waals surface area contributed by atoms with Gasteiger partial charge >= 0.3 is 0 Å². The summed E-state index contributed by atoms with van der Waals surface area (Å²) in [5.41, 5.74) is 0.604. The van der Waals surface area contributed by atoms with Gasteiger partial charge in [0.05, 0.1) is 6.54 Å². The van der Waals surface area contributed by atoms with Gasteiger partial charge in [0.1, 0.15) is 18.2 Å². The molecule has 0 aromatic carbocycles. The molecule has 1 aromatic rings. The first-order valence-corrected chi connectivity index (χ1v) is 9.24. The largest absolute Gasteiger partial charge is 0.378 e. The Morgan fingerprint density at radius 2 is 2.00 bits per heavy atom. The Morgan fingerprint density at radius 1 is 1.17 bits per heavy atom. The van der Waals surface area contributed by atoms with Gasteiger partial charge in [-0.3, -0.25) is 4.98 Å². The third-order valence-electron chi connectivity index (χ3n) is 5.39. The lowest BCUT2D eigenvalue weighted by atomic mass is 9.94. The summed E-state index contributed by atoms with van der Waals surface area (Å²) in [5.74, 6) is 6.56. The molecule has 2 atom stereocenters. The van der Waals surface area contributed by atoms with Gasteiger partial charge in [-0.1, -0.05) is 24.8 Å². The van der Waals surface area contributed by atoms with E-state index in [0.29, 0.717) is 6.04 Å². The van der Waals surface area contributed by atoms with Gasteiger partial charge in [0.15, 0.2) is 0 Å². The molecule has 2 aliphatic rings. The molecule has 2 heterocycles. The first-order valence-electron chi connectivity index (χ1n) is 9.24. The summed E-state index contributed by atoms with van der Waals surface area (Å²) >= 11 is 0. The van der Waals surface area contributed by atoms with Crippen molar-refractivity contribution in [2.24, 2.45) is 0 Å². The quantitative estimate of drug-likeness (QED) is 0.649. The lowest BCUT2D eigenvalue weighted by Crippen LogP contribution is -3.13. The van der Waals surface area contributed by atoms with E-state index < -0.39 is 5.60 Å². The van der Waals surface area contributed by atoms with Gasteiger partial charge in [-0.25, -0.2) is 0 Å². The van der Waals surface area contributed by atoms with Crippen molar-refractivity contribution >= 4 is 0 Å². The second kappa shape index (κ2) is 7.95. The molecule has 0 amide bonds. The van der Waals surface area contributed by atoms with Crippen LogP contribution in [-0.4, -0.2) is 28.8 Å². The summed E-state index contributed by atoms with van der Waals surface area (Å²) in [6.45, 7) is 2.01. The second-order valence-corrected chi connectivity index (χ2v) is 7.17. The van der Waals surface area contributed by atoms with E-state index in [0.717, 1.165) is 32.2 Å². The van der Waals surface area contributed by atoms with E-state index in [1.165, 1.54) is 49.1 Å². The number of likely N-dealkylation sites (tertiary alicyclic amines) is 1. The van der Waals surface area contributed by atoms with Gasteiger partial charge in [-0.15, -0.1) is 0 Å². The zero-order chi connectivity index (χ0) is 16.0. The van der Waals surface area contributed by atoms with E-state index in [1.54, 1.807) is 0 Å². The van der Waals surface area contributed by atoms with E-state index in [9.17, 15) is 5.11 Å². The van der Waals surface area contributed by atoms with Crippen molar-refractivity contribution in [1.29, 1.82) is 0 Å². The summed E-state index contributed by atoms with van der Waals surface area (Å²) in [6.07, 6.45) is 14.0. The summed E-state index contributed by atoms with van der Waals surface area (Å²) in [7, 11) is 0. The van der Waals surface area contributed by atoms with Crippen LogP contribution in [0.4, 0.5) is 0 Å². The molecule has 2 N–H and O–H groups in total. The van der Waals surface area contributed by atoms with Crippen LogP contribution in [0, 0.1) is 11.8 Å². The van der Waals surface area contributed by atoms with Crippen LogP contribution in [-0.2, 0) is 0 Å². The minimum absolute atomic E-state index is 0.510. The number of piperidine rings is 1. The van der Waals surface area contributed by atoms with Gasteiger partial charge in [0.25, 0.3) is 0 Å². The molecule has 0 radical (unpaired) electrons. The molecule has 1 saturated carbocycles. The average molecular weight is 313 g/mol. The van der Waals surface area contributed by atoms with Crippen molar-refractivity contribution < 1.29 is 10.0 Å². The topological polar surface area (TPSA) is 37.6 Å². The van der Waals surface area contributed by atoms with Crippen LogP contribution >= 0.6 is 0 Å². The van der Waals surface area contributed by atoms with E-state index >= 15 is 0 Å². The Balaban J connectivity index is 1.65. The van der Waals surface area contributed by atoms with Gasteiger partial charge in [0.2, 0.25) is 0 Å². The molecule has 3 rings (SSSR count). The predicted octanol–water partition coefficient (Wildman–Crippen LogP) is 2.28. The Labute approximate surface area is 140 Å². The molecule has 3 nitrogen and oxygen atoms in total. The maximum atomic E-state index is 10.7. The van der Waals surface area contributed by atoms with Crippen LogP contribution in [0.1, 0.15) is 69.4 Å². The number of hydrogen-bond acceptors (Lipinski definition) is 2. The second-order valence-electron chi connectivity index (χ2n) is 7.17. The van der Waals surface area contributed by atoms with E-state index in [2.05, 4.69) is 22.9 Å². The van der Waals surface area contributed by atoms with Crippen LogP contribution in [0.15, 0.2) is 24.5 Å². The van der Waals surface area contributed by atoms with Crippen LogP contribution in [0.2, 0.25) is 0 Å². The molecule has 1 aliphatic carbocycles. The molecular weight excluding hydrogens is 284 g/mol. The lowest BCUT2D eigenvalue weighted by Gasteiger charge is -2.31. The predicted molar refractivity (Wildman–Crippen MR) is 92.0 cm³/mol. The van der Waals surface area contributed by atoms with Crippen molar-refractivity contribution in [1.82, 2.24) is 4.98 Å². The zero-order valence-corrected chi connectivity index (χ0v) is 14.1. The first-order chi connectivity index (χ1) is 11.3. The number of hydrogen-bond donors (Lipinski definition) is 2. The monoisotopic (exact) mass is 313 g/mol. The van der Waals surface area contributed by atoms with Crippen molar-refractivity contribution in [3.8, 4) is 11.8 Å². The van der Waals surface area contributed by atoms with E-state index in [-0.39, 0.29) is 0 Å². The summed E-state index contributed by atoms with van der Waals surface area (Å²) in [5, 5.41) is 10.7. The van der Waals surface area contributed by atoms with Gasteiger partial charge in [0, 0.05) is 24.4 Å². The Morgan fingerprint density at radius 3 is 2.74 bits per heavy atom. The van der Waals surface area contributed by atoms with Crippen LogP contribution < -0.4 is 4.90 Å². The Kier molecular flexibility index (Phi) is 5.70. The maximum Gasteiger partial charge on any atom is 0.139 e. The number of pyridine rings is 1. The van der Waals surface area contributed by atoms with E-state index in [4.69, 9.17) is 0 Å². The number of nitrogens with one attached hydrogen (secondary N) is 1. The Bertz CT molecular complexity index is 538. The highest BCUT2D eigenvalue weighted by molar-refractivity contribution is 5.15. The number of rotatable bonds is 2. The average Bonchev–Trinajstić information content (AvgIpc) is 2.81. The normalized spacial score (nSPS) is 27.5. The fraction of sp³-hybridized carbons (Fsp3) is 0.650. The van der Waals surface area contributed by atoms with Gasteiger partial charge in [-0.2, -0.15) is 0 Å². The summed E-state index contributed by atoms with van der Waals surface area (Å²) < 4.78 is 0. The highest BCUT2D eigenvalue weighted by Crippen LogP contribution is 2.26. The molecule has 0 spiro atoms. The molecule has 1 saturated heterocycles. The van der Waals surface area contributed by atoms with Crippen molar-refractivity contribution in [3.63, 3.8) is 0 Å². The number of quaternary nitrogens is 1. The highest BCUT2D eigenvalue weighted by atomic mass is 16.3. The van der Waals surface area contributed by atoms with Gasteiger partial charge in [-0.05, 0) is 50.5 Å². The van der Waals surface area contributed by atoms with Crippen molar-refractivity contribution in [3.05, 3.63) is 30.1 Å². The van der Waals surface area contributed by atoms with Crippen LogP contribution in [0.3, 0.4) is 0 Å². The molecule has 124 valence electrons. The molecule has 23 heavy (non-hydrogen) atoms. The molecule has 3 heteroatoms. The minimum atomic E-state index is -0.727. The summed E-state index contributed by atoms with van der Waals surface area (Å²) in [6, 6.07) is 4.73. The zero-order valence-electron chi connectivity index (χ0n) is 14.1. The van der Waals surface area contributed by atoms with Crippen molar-refractivity contribution in [2.45, 2.75) is 69.4 Å². The lowest BCUT2D eigenvalue weighted by molar-refractivity contribution is -0.930. The molecule has 1 aromatic heterocycles. The SMILES string of the molecule is OC1(C#CC[NH+]2CCCC[C@@H]2c2cccnc2)CCCCCC1. The maximum absolute atomic E-state index is 10.7. The summed E-state index contributed by atoms with van der Waals surface area (Å²) in [4.78, 5) is 5.82. The smallest absolute Gasteiger partial charge is 0.139 e. The molecule has 1 unspecified atom stereocenters. The number of aromatic nitrogens is 1.